The molecule has 0 amide bonds. The molecule has 1 rings (SSSR count). The first-order chi connectivity index (χ1) is 9.32. The van der Waals surface area contributed by atoms with Gasteiger partial charge in [-0.05, 0) is 30.7 Å². The minimum absolute atomic E-state index is 0.191. The van der Waals surface area contributed by atoms with Gasteiger partial charge in [0.2, 0.25) is 10.0 Å². The third-order valence-electron chi connectivity index (χ3n) is 2.92. The van der Waals surface area contributed by atoms with Crippen LogP contribution in [-0.4, -0.2) is 32.9 Å². The van der Waals surface area contributed by atoms with Gasteiger partial charge in [0.05, 0.1) is 0 Å². The van der Waals surface area contributed by atoms with E-state index in [1.807, 2.05) is 13.8 Å². The van der Waals surface area contributed by atoms with Crippen LogP contribution in [0.2, 0.25) is 0 Å². The smallest absolute Gasteiger partial charge is 0.245 e. The molecule has 114 valence electrons. The van der Waals surface area contributed by atoms with Crippen LogP contribution in [0.4, 0.5) is 4.39 Å². The number of rotatable bonds is 7. The van der Waals surface area contributed by atoms with Gasteiger partial charge in [-0.1, -0.05) is 26.8 Å². The maximum Gasteiger partial charge on any atom is 0.245 e. The molecule has 0 aliphatic carbocycles. The predicted octanol–water partition coefficient (Wildman–Crippen LogP) is 2.21. The highest BCUT2D eigenvalue weighted by Crippen LogP contribution is 2.21. The van der Waals surface area contributed by atoms with Crippen molar-refractivity contribution >= 4 is 10.0 Å². The molecular formula is C14H23FN2O2S. The molecule has 20 heavy (non-hydrogen) atoms. The van der Waals surface area contributed by atoms with Gasteiger partial charge in [0.15, 0.2) is 0 Å². The number of hydrogen-bond acceptors (Lipinski definition) is 3. The normalized spacial score (nSPS) is 12.3. The van der Waals surface area contributed by atoms with Crippen LogP contribution in [0.15, 0.2) is 23.1 Å². The van der Waals surface area contributed by atoms with E-state index in [9.17, 15) is 12.8 Å². The monoisotopic (exact) mass is 302 g/mol. The van der Waals surface area contributed by atoms with E-state index in [1.165, 1.54) is 16.4 Å². The Bertz CT molecular complexity index is 544. The maximum atomic E-state index is 14.1. The van der Waals surface area contributed by atoms with Gasteiger partial charge < -0.3 is 5.32 Å². The third kappa shape index (κ3) is 4.01. The minimum atomic E-state index is -3.77. The van der Waals surface area contributed by atoms with Crippen LogP contribution in [0, 0.1) is 11.7 Å². The molecule has 6 heteroatoms. The summed E-state index contributed by atoms with van der Waals surface area (Å²) in [6.07, 6.45) is 0. The SMILES string of the molecule is CCN(CC(C)C)S(=O)(=O)c1ccc(CNC)cc1F. The van der Waals surface area contributed by atoms with Crippen molar-refractivity contribution in [3.63, 3.8) is 0 Å². The summed E-state index contributed by atoms with van der Waals surface area (Å²) in [5.41, 5.74) is 0.718. The zero-order valence-corrected chi connectivity index (χ0v) is 13.3. The highest BCUT2D eigenvalue weighted by molar-refractivity contribution is 7.89. The van der Waals surface area contributed by atoms with E-state index < -0.39 is 15.8 Å². The molecular weight excluding hydrogens is 279 g/mol. The van der Waals surface area contributed by atoms with Crippen LogP contribution in [0.3, 0.4) is 0 Å². The van der Waals surface area contributed by atoms with E-state index >= 15 is 0 Å². The molecule has 0 atom stereocenters. The zero-order valence-electron chi connectivity index (χ0n) is 12.5. The average Bonchev–Trinajstić information content (AvgIpc) is 2.35. The molecule has 0 spiro atoms. The second-order valence-corrected chi connectivity index (χ2v) is 7.05. The molecule has 0 radical (unpaired) electrons. The molecule has 0 fully saturated rings. The number of nitrogens with zero attached hydrogens (tertiary/aromatic N) is 1. The van der Waals surface area contributed by atoms with Crippen LogP contribution in [0.5, 0.6) is 0 Å². The van der Waals surface area contributed by atoms with Crippen molar-refractivity contribution in [3.05, 3.63) is 29.6 Å². The molecule has 4 nitrogen and oxygen atoms in total. The van der Waals surface area contributed by atoms with Crippen LogP contribution in [0.1, 0.15) is 26.3 Å². The summed E-state index contributed by atoms with van der Waals surface area (Å²) in [5, 5.41) is 2.90. The lowest BCUT2D eigenvalue weighted by Gasteiger charge is -2.22. The van der Waals surface area contributed by atoms with E-state index in [-0.39, 0.29) is 10.8 Å². The lowest BCUT2D eigenvalue weighted by Crippen LogP contribution is -2.34. The van der Waals surface area contributed by atoms with Crippen molar-refractivity contribution in [1.82, 2.24) is 9.62 Å². The largest absolute Gasteiger partial charge is 0.316 e. The van der Waals surface area contributed by atoms with Crippen molar-refractivity contribution in [1.29, 1.82) is 0 Å². The molecule has 0 heterocycles. The summed E-state index contributed by atoms with van der Waals surface area (Å²) in [7, 11) is -2.02. The molecule has 1 aromatic carbocycles. The number of hydrogen-bond donors (Lipinski definition) is 1. The van der Waals surface area contributed by atoms with E-state index in [4.69, 9.17) is 0 Å². The topological polar surface area (TPSA) is 49.4 Å². The molecule has 0 aromatic heterocycles. The fourth-order valence-electron chi connectivity index (χ4n) is 2.01. The Morgan fingerprint density at radius 3 is 2.45 bits per heavy atom. The Hall–Kier alpha value is -0.980. The van der Waals surface area contributed by atoms with Crippen LogP contribution in [-0.2, 0) is 16.6 Å². The van der Waals surface area contributed by atoms with Gasteiger partial charge >= 0.3 is 0 Å². The van der Waals surface area contributed by atoms with Gasteiger partial charge in [-0.15, -0.1) is 0 Å². The molecule has 1 N–H and O–H groups in total. The zero-order chi connectivity index (χ0) is 15.3. The van der Waals surface area contributed by atoms with Crippen LogP contribution < -0.4 is 5.32 Å². The molecule has 0 saturated heterocycles. The molecule has 1 aromatic rings. The number of sulfonamides is 1. The quantitative estimate of drug-likeness (QED) is 0.840. The standard InChI is InChI=1S/C14H23FN2O2S/c1-5-17(10-11(2)3)20(18,19)14-7-6-12(9-16-4)8-13(14)15/h6-8,11,16H,5,9-10H2,1-4H3. The molecule has 0 aliphatic heterocycles. The van der Waals surface area contributed by atoms with Gasteiger partial charge in [-0.2, -0.15) is 4.31 Å². The summed E-state index contributed by atoms with van der Waals surface area (Å²) in [4.78, 5) is -0.250. The summed E-state index contributed by atoms with van der Waals surface area (Å²) >= 11 is 0. The second-order valence-electron chi connectivity index (χ2n) is 5.14. The summed E-state index contributed by atoms with van der Waals surface area (Å²) in [5.74, 6) is -0.503. The van der Waals surface area contributed by atoms with Crippen molar-refractivity contribution in [2.24, 2.45) is 5.92 Å². The Morgan fingerprint density at radius 1 is 1.35 bits per heavy atom. The fourth-order valence-corrected chi connectivity index (χ4v) is 3.67. The highest BCUT2D eigenvalue weighted by Gasteiger charge is 2.26. The van der Waals surface area contributed by atoms with Gasteiger partial charge in [-0.25, -0.2) is 12.8 Å². The van der Waals surface area contributed by atoms with Crippen molar-refractivity contribution in [2.45, 2.75) is 32.2 Å². The van der Waals surface area contributed by atoms with Crippen molar-refractivity contribution < 1.29 is 12.8 Å². The maximum absolute atomic E-state index is 14.1. The third-order valence-corrected chi connectivity index (χ3v) is 4.89. The molecule has 0 saturated carbocycles. The van der Waals surface area contributed by atoms with Crippen molar-refractivity contribution in [2.75, 3.05) is 20.1 Å². The van der Waals surface area contributed by atoms with Gasteiger partial charge in [0.1, 0.15) is 10.7 Å². The van der Waals surface area contributed by atoms with Crippen LogP contribution >= 0.6 is 0 Å². The molecule has 0 bridgehead atoms. The average molecular weight is 302 g/mol. The van der Waals surface area contributed by atoms with E-state index in [1.54, 1.807) is 20.0 Å². The van der Waals surface area contributed by atoms with E-state index in [0.29, 0.717) is 19.6 Å². The Kier molecular flexibility index (Phi) is 6.10. The van der Waals surface area contributed by atoms with E-state index in [0.717, 1.165) is 5.56 Å². The summed E-state index contributed by atoms with van der Waals surface area (Å²) in [6, 6.07) is 4.25. The fraction of sp³-hybridized carbons (Fsp3) is 0.571. The summed E-state index contributed by atoms with van der Waals surface area (Å²) < 4.78 is 40.3. The Morgan fingerprint density at radius 2 is 2.00 bits per heavy atom. The first-order valence-electron chi connectivity index (χ1n) is 6.76. The number of nitrogens with one attached hydrogen (secondary N) is 1. The van der Waals surface area contributed by atoms with Gasteiger partial charge in [0.25, 0.3) is 0 Å². The van der Waals surface area contributed by atoms with E-state index in [2.05, 4.69) is 5.32 Å². The lowest BCUT2D eigenvalue weighted by atomic mass is 10.2. The predicted molar refractivity (Wildman–Crippen MR) is 78.4 cm³/mol. The summed E-state index contributed by atoms with van der Waals surface area (Å²) in [6.45, 7) is 6.85. The van der Waals surface area contributed by atoms with Gasteiger partial charge in [0, 0.05) is 19.6 Å². The Labute approximate surface area is 121 Å². The van der Waals surface area contributed by atoms with Gasteiger partial charge in [-0.3, -0.25) is 0 Å². The number of benzene rings is 1. The molecule has 0 aliphatic rings. The Balaban J connectivity index is 3.14. The van der Waals surface area contributed by atoms with Crippen LogP contribution in [0.25, 0.3) is 0 Å². The first-order valence-corrected chi connectivity index (χ1v) is 8.20. The van der Waals surface area contributed by atoms with Crippen molar-refractivity contribution in [3.8, 4) is 0 Å². The highest BCUT2D eigenvalue weighted by atomic mass is 32.2. The lowest BCUT2D eigenvalue weighted by molar-refractivity contribution is 0.378. The first kappa shape index (κ1) is 17.1. The minimum Gasteiger partial charge on any atom is -0.316 e. The number of halogens is 1. The second kappa shape index (κ2) is 7.15. The molecule has 0 unspecified atom stereocenters.